The van der Waals surface area contributed by atoms with E-state index >= 15 is 0 Å². The minimum Gasteiger partial charge on any atom is -0.368 e. The first-order valence-electron chi connectivity index (χ1n) is 4.43. The molecule has 3 nitrogen and oxygen atoms in total. The maximum absolute atomic E-state index is 4.34. The number of anilines is 1. The van der Waals surface area contributed by atoms with Crippen molar-refractivity contribution >= 4 is 5.82 Å². The molecule has 0 radical (unpaired) electrons. The zero-order valence-corrected chi connectivity index (χ0v) is 8.26. The van der Waals surface area contributed by atoms with Crippen LogP contribution in [-0.2, 0) is 13.5 Å². The van der Waals surface area contributed by atoms with Crippen molar-refractivity contribution in [2.24, 2.45) is 7.05 Å². The molecule has 0 aliphatic heterocycles. The van der Waals surface area contributed by atoms with Gasteiger partial charge in [0.25, 0.3) is 0 Å². The number of hydrogen-bond donors (Lipinski definition) is 1. The lowest BCUT2D eigenvalue weighted by Crippen LogP contribution is -2.12. The Morgan fingerprint density at radius 1 is 1.58 bits per heavy atom. The minimum absolute atomic E-state index is 0.463. The highest BCUT2D eigenvalue weighted by atomic mass is 15.3. The van der Waals surface area contributed by atoms with Gasteiger partial charge in [-0.2, -0.15) is 5.10 Å². The van der Waals surface area contributed by atoms with E-state index in [1.807, 2.05) is 11.7 Å². The van der Waals surface area contributed by atoms with Crippen LogP contribution in [0.15, 0.2) is 6.07 Å². The Labute approximate surface area is 73.8 Å². The van der Waals surface area contributed by atoms with Crippen molar-refractivity contribution in [2.45, 2.75) is 33.2 Å². The minimum atomic E-state index is 0.463. The van der Waals surface area contributed by atoms with Gasteiger partial charge in [-0.3, -0.25) is 4.68 Å². The Hall–Kier alpha value is -0.990. The van der Waals surface area contributed by atoms with Crippen molar-refractivity contribution < 1.29 is 0 Å². The predicted molar refractivity (Wildman–Crippen MR) is 51.3 cm³/mol. The highest BCUT2D eigenvalue weighted by Crippen LogP contribution is 2.10. The number of rotatable bonds is 3. The fourth-order valence-corrected chi connectivity index (χ4v) is 1.13. The number of nitrogens with one attached hydrogen (secondary N) is 1. The molecule has 12 heavy (non-hydrogen) atoms. The van der Waals surface area contributed by atoms with Crippen LogP contribution < -0.4 is 5.32 Å². The molecule has 1 aromatic heterocycles. The maximum Gasteiger partial charge on any atom is 0.124 e. The summed E-state index contributed by atoms with van der Waals surface area (Å²) in [6.45, 7) is 6.36. The zero-order chi connectivity index (χ0) is 9.14. The smallest absolute Gasteiger partial charge is 0.124 e. The standard InChI is InChI=1S/C9H17N3/c1-5-8-6-9(10-7(2)3)12(4)11-8/h6-7,10H,5H2,1-4H3. The Morgan fingerprint density at radius 3 is 2.67 bits per heavy atom. The molecule has 68 valence electrons. The van der Waals surface area contributed by atoms with E-state index in [0.29, 0.717) is 6.04 Å². The first kappa shape index (κ1) is 9.10. The molecular formula is C9H17N3. The Balaban J connectivity index is 2.77. The van der Waals surface area contributed by atoms with Crippen LogP contribution in [0.2, 0.25) is 0 Å². The third kappa shape index (κ3) is 2.00. The molecule has 0 fully saturated rings. The van der Waals surface area contributed by atoms with Crippen LogP contribution in [0.1, 0.15) is 26.5 Å². The van der Waals surface area contributed by atoms with Crippen LogP contribution >= 0.6 is 0 Å². The second-order valence-corrected chi connectivity index (χ2v) is 3.30. The van der Waals surface area contributed by atoms with Crippen LogP contribution in [0.5, 0.6) is 0 Å². The van der Waals surface area contributed by atoms with Gasteiger partial charge in [0.1, 0.15) is 5.82 Å². The molecule has 1 aromatic rings. The summed E-state index contributed by atoms with van der Waals surface area (Å²) in [5.41, 5.74) is 1.14. The van der Waals surface area contributed by atoms with Gasteiger partial charge in [0.15, 0.2) is 0 Å². The third-order valence-electron chi connectivity index (χ3n) is 1.73. The molecule has 1 rings (SSSR count). The van der Waals surface area contributed by atoms with E-state index in [1.54, 1.807) is 0 Å². The summed E-state index contributed by atoms with van der Waals surface area (Å²) in [5.74, 6) is 1.10. The molecule has 0 saturated carbocycles. The lowest BCUT2D eigenvalue weighted by Gasteiger charge is -2.08. The van der Waals surface area contributed by atoms with Crippen molar-refractivity contribution in [3.8, 4) is 0 Å². The quantitative estimate of drug-likeness (QED) is 0.744. The molecule has 0 aliphatic rings. The summed E-state index contributed by atoms with van der Waals surface area (Å²) in [4.78, 5) is 0. The number of aromatic nitrogens is 2. The Morgan fingerprint density at radius 2 is 2.25 bits per heavy atom. The van der Waals surface area contributed by atoms with Gasteiger partial charge >= 0.3 is 0 Å². The van der Waals surface area contributed by atoms with Gasteiger partial charge in [-0.25, -0.2) is 0 Å². The average Bonchev–Trinajstić information content (AvgIpc) is 2.31. The number of hydrogen-bond acceptors (Lipinski definition) is 2. The van der Waals surface area contributed by atoms with Gasteiger partial charge in [-0.05, 0) is 20.3 Å². The highest BCUT2D eigenvalue weighted by Gasteiger charge is 2.03. The largest absolute Gasteiger partial charge is 0.368 e. The second-order valence-electron chi connectivity index (χ2n) is 3.30. The third-order valence-corrected chi connectivity index (χ3v) is 1.73. The first-order chi connectivity index (χ1) is 5.63. The second kappa shape index (κ2) is 3.61. The van der Waals surface area contributed by atoms with Crippen molar-refractivity contribution in [3.05, 3.63) is 11.8 Å². The van der Waals surface area contributed by atoms with Gasteiger partial charge in [-0.1, -0.05) is 6.92 Å². The van der Waals surface area contributed by atoms with Gasteiger partial charge in [-0.15, -0.1) is 0 Å². The molecular weight excluding hydrogens is 150 g/mol. The molecule has 0 bridgehead atoms. The molecule has 3 heteroatoms. The monoisotopic (exact) mass is 167 g/mol. The number of aryl methyl sites for hydroxylation is 2. The summed E-state index contributed by atoms with van der Waals surface area (Å²) < 4.78 is 1.89. The van der Waals surface area contributed by atoms with E-state index in [0.717, 1.165) is 17.9 Å². The fourth-order valence-electron chi connectivity index (χ4n) is 1.13. The lowest BCUT2D eigenvalue weighted by molar-refractivity contribution is 0.737. The average molecular weight is 167 g/mol. The van der Waals surface area contributed by atoms with Gasteiger partial charge in [0.05, 0.1) is 5.69 Å². The van der Waals surface area contributed by atoms with Gasteiger partial charge < -0.3 is 5.32 Å². The van der Waals surface area contributed by atoms with Crippen LogP contribution in [0, 0.1) is 0 Å². The van der Waals surface area contributed by atoms with E-state index in [-0.39, 0.29) is 0 Å². The van der Waals surface area contributed by atoms with Gasteiger partial charge in [0, 0.05) is 19.2 Å². The van der Waals surface area contributed by atoms with Crippen LogP contribution in [0.3, 0.4) is 0 Å². The van der Waals surface area contributed by atoms with Crippen molar-refractivity contribution in [2.75, 3.05) is 5.32 Å². The predicted octanol–water partition coefficient (Wildman–Crippen LogP) is 1.80. The summed E-state index contributed by atoms with van der Waals surface area (Å²) in [6.07, 6.45) is 0.994. The van der Waals surface area contributed by atoms with Crippen molar-refractivity contribution in [1.82, 2.24) is 9.78 Å². The van der Waals surface area contributed by atoms with Crippen LogP contribution in [-0.4, -0.2) is 15.8 Å². The zero-order valence-electron chi connectivity index (χ0n) is 8.26. The first-order valence-corrected chi connectivity index (χ1v) is 4.43. The van der Waals surface area contributed by atoms with Crippen LogP contribution in [0.25, 0.3) is 0 Å². The molecule has 0 spiro atoms. The van der Waals surface area contributed by atoms with E-state index in [1.165, 1.54) is 0 Å². The van der Waals surface area contributed by atoms with Gasteiger partial charge in [0.2, 0.25) is 0 Å². The molecule has 0 aliphatic carbocycles. The molecule has 0 aromatic carbocycles. The van der Waals surface area contributed by atoms with E-state index in [4.69, 9.17) is 0 Å². The van der Waals surface area contributed by atoms with Crippen LogP contribution in [0.4, 0.5) is 5.82 Å². The molecule has 1 N–H and O–H groups in total. The molecule has 0 saturated heterocycles. The summed E-state index contributed by atoms with van der Waals surface area (Å²) in [7, 11) is 1.96. The number of nitrogens with zero attached hydrogens (tertiary/aromatic N) is 2. The Kier molecular flexibility index (Phi) is 2.74. The topological polar surface area (TPSA) is 29.9 Å². The van der Waals surface area contributed by atoms with E-state index in [9.17, 15) is 0 Å². The van der Waals surface area contributed by atoms with E-state index in [2.05, 4.69) is 37.3 Å². The van der Waals surface area contributed by atoms with E-state index < -0.39 is 0 Å². The lowest BCUT2D eigenvalue weighted by atomic mass is 10.3. The fraction of sp³-hybridized carbons (Fsp3) is 0.667. The summed E-state index contributed by atoms with van der Waals surface area (Å²) in [5, 5.41) is 7.66. The Bertz CT molecular complexity index is 250. The highest BCUT2D eigenvalue weighted by molar-refractivity contribution is 5.37. The maximum atomic E-state index is 4.34. The molecule has 0 amide bonds. The van der Waals surface area contributed by atoms with Crippen molar-refractivity contribution in [1.29, 1.82) is 0 Å². The molecule has 1 heterocycles. The molecule has 0 atom stereocenters. The normalized spacial score (nSPS) is 10.8. The molecule has 0 unspecified atom stereocenters. The van der Waals surface area contributed by atoms with Crippen molar-refractivity contribution in [3.63, 3.8) is 0 Å². The summed E-state index contributed by atoms with van der Waals surface area (Å²) in [6, 6.07) is 2.56. The summed E-state index contributed by atoms with van der Waals surface area (Å²) >= 11 is 0. The SMILES string of the molecule is CCc1cc(NC(C)C)n(C)n1.